The molecule has 1 unspecified atom stereocenters. The van der Waals surface area contributed by atoms with Crippen LogP contribution in [0.3, 0.4) is 0 Å². The Labute approximate surface area is 134 Å². The number of para-hydroxylation sites is 1. The van der Waals surface area contributed by atoms with Crippen LogP contribution in [0.5, 0.6) is 0 Å². The minimum absolute atomic E-state index is 0.0101. The van der Waals surface area contributed by atoms with E-state index in [2.05, 4.69) is 15.3 Å². The Morgan fingerprint density at radius 1 is 1.35 bits per heavy atom. The van der Waals surface area contributed by atoms with E-state index in [0.717, 1.165) is 25.1 Å². The fourth-order valence-electron chi connectivity index (χ4n) is 2.86. The molecule has 2 heterocycles. The first kappa shape index (κ1) is 15.3. The number of piperidine rings is 1. The van der Waals surface area contributed by atoms with E-state index in [1.165, 1.54) is 6.07 Å². The zero-order valence-electron chi connectivity index (χ0n) is 13.1. The first-order valence-electron chi connectivity index (χ1n) is 7.80. The number of hydrogen-bond acceptors (Lipinski definition) is 4. The molecule has 1 aromatic carbocycles. The van der Waals surface area contributed by atoms with Crippen molar-refractivity contribution in [1.29, 1.82) is 0 Å². The Morgan fingerprint density at radius 2 is 2.13 bits per heavy atom. The normalized spacial score (nSPS) is 17.8. The van der Waals surface area contributed by atoms with Crippen molar-refractivity contribution in [3.05, 3.63) is 52.4 Å². The summed E-state index contributed by atoms with van der Waals surface area (Å²) in [7, 11) is 0. The second-order valence-corrected chi connectivity index (χ2v) is 5.85. The molecule has 0 bridgehead atoms. The number of carbonyl (C=O) groups is 1. The Morgan fingerprint density at radius 3 is 2.87 bits per heavy atom. The van der Waals surface area contributed by atoms with Gasteiger partial charge in [-0.1, -0.05) is 18.2 Å². The first-order valence-corrected chi connectivity index (χ1v) is 7.80. The summed E-state index contributed by atoms with van der Waals surface area (Å²) in [4.78, 5) is 33.2. The van der Waals surface area contributed by atoms with Crippen LogP contribution in [0.1, 0.15) is 18.5 Å². The van der Waals surface area contributed by atoms with Gasteiger partial charge < -0.3 is 10.2 Å². The van der Waals surface area contributed by atoms with Crippen molar-refractivity contribution in [3.63, 3.8) is 0 Å². The van der Waals surface area contributed by atoms with Crippen LogP contribution in [0.25, 0.3) is 0 Å². The number of amides is 1. The van der Waals surface area contributed by atoms with Gasteiger partial charge in [-0.2, -0.15) is 0 Å². The molecule has 0 radical (unpaired) electrons. The highest BCUT2D eigenvalue weighted by Gasteiger charge is 2.27. The van der Waals surface area contributed by atoms with Gasteiger partial charge >= 0.3 is 0 Å². The van der Waals surface area contributed by atoms with Crippen molar-refractivity contribution < 1.29 is 4.79 Å². The van der Waals surface area contributed by atoms with Crippen molar-refractivity contribution in [2.75, 3.05) is 23.3 Å². The minimum atomic E-state index is -0.164. The lowest BCUT2D eigenvalue weighted by atomic mass is 9.97. The van der Waals surface area contributed by atoms with E-state index in [9.17, 15) is 9.59 Å². The quantitative estimate of drug-likeness (QED) is 0.908. The Kier molecular flexibility index (Phi) is 4.41. The zero-order valence-corrected chi connectivity index (χ0v) is 13.1. The molecular weight excluding hydrogens is 292 g/mol. The third-order valence-electron chi connectivity index (χ3n) is 3.99. The van der Waals surface area contributed by atoms with E-state index < -0.39 is 0 Å². The molecule has 2 N–H and O–H groups in total. The minimum Gasteiger partial charge on any atom is -0.342 e. The second-order valence-electron chi connectivity index (χ2n) is 5.85. The zero-order chi connectivity index (χ0) is 16.2. The number of hydrogen-bond donors (Lipinski definition) is 2. The summed E-state index contributed by atoms with van der Waals surface area (Å²) in [6, 6.07) is 10.9. The van der Waals surface area contributed by atoms with Crippen molar-refractivity contribution >= 4 is 17.5 Å². The summed E-state index contributed by atoms with van der Waals surface area (Å²) in [5.74, 6) is 0.442. The number of benzene rings is 1. The van der Waals surface area contributed by atoms with Crippen LogP contribution in [-0.4, -0.2) is 29.0 Å². The van der Waals surface area contributed by atoms with Gasteiger partial charge in [0.05, 0.1) is 5.92 Å². The number of aryl methyl sites for hydroxylation is 1. The number of aromatic amines is 1. The molecule has 6 nitrogen and oxygen atoms in total. The van der Waals surface area contributed by atoms with E-state index >= 15 is 0 Å². The number of rotatable bonds is 3. The van der Waals surface area contributed by atoms with Gasteiger partial charge in [-0.3, -0.25) is 14.6 Å². The van der Waals surface area contributed by atoms with Gasteiger partial charge in [-0.15, -0.1) is 0 Å². The van der Waals surface area contributed by atoms with Crippen LogP contribution in [0.15, 0.2) is 41.2 Å². The Balaban J connectivity index is 1.70. The maximum atomic E-state index is 12.4. The van der Waals surface area contributed by atoms with Gasteiger partial charge in [0.25, 0.3) is 5.56 Å². The molecule has 1 aliphatic heterocycles. The molecule has 1 saturated heterocycles. The predicted molar refractivity (Wildman–Crippen MR) is 89.6 cm³/mol. The summed E-state index contributed by atoms with van der Waals surface area (Å²) in [5, 5.41) is 2.95. The lowest BCUT2D eigenvalue weighted by Crippen LogP contribution is -2.42. The molecule has 1 atom stereocenters. The molecule has 1 amide bonds. The number of H-pyrrole nitrogens is 1. The Hall–Kier alpha value is -2.63. The van der Waals surface area contributed by atoms with Gasteiger partial charge in [-0.25, -0.2) is 4.98 Å². The first-order chi connectivity index (χ1) is 11.1. The Bertz CT molecular complexity index is 742. The summed E-state index contributed by atoms with van der Waals surface area (Å²) >= 11 is 0. The summed E-state index contributed by atoms with van der Waals surface area (Å²) in [6.45, 7) is 3.15. The van der Waals surface area contributed by atoms with Gasteiger partial charge in [0.2, 0.25) is 11.9 Å². The lowest BCUT2D eigenvalue weighted by molar-refractivity contribution is -0.120. The molecule has 0 spiro atoms. The van der Waals surface area contributed by atoms with Crippen LogP contribution < -0.4 is 15.8 Å². The number of nitrogens with one attached hydrogen (secondary N) is 2. The van der Waals surface area contributed by atoms with E-state index in [1.54, 1.807) is 6.92 Å². The average molecular weight is 312 g/mol. The van der Waals surface area contributed by atoms with Crippen LogP contribution in [0.2, 0.25) is 0 Å². The lowest BCUT2D eigenvalue weighted by Gasteiger charge is -2.32. The van der Waals surface area contributed by atoms with E-state index in [4.69, 9.17) is 0 Å². The molecule has 1 fully saturated rings. The van der Waals surface area contributed by atoms with Gasteiger partial charge in [0.1, 0.15) is 0 Å². The van der Waals surface area contributed by atoms with Crippen molar-refractivity contribution in [2.45, 2.75) is 19.8 Å². The fourth-order valence-corrected chi connectivity index (χ4v) is 2.86. The molecule has 120 valence electrons. The maximum Gasteiger partial charge on any atom is 0.252 e. The van der Waals surface area contributed by atoms with Crippen molar-refractivity contribution in [2.24, 2.45) is 5.92 Å². The molecule has 0 saturated carbocycles. The maximum absolute atomic E-state index is 12.4. The van der Waals surface area contributed by atoms with E-state index in [0.29, 0.717) is 18.2 Å². The number of aromatic nitrogens is 2. The third-order valence-corrected chi connectivity index (χ3v) is 3.99. The molecule has 1 aliphatic rings. The SMILES string of the molecule is Cc1cc(=O)[nH]c(N2CCCC(C(=O)Nc3ccccc3)C2)n1. The highest BCUT2D eigenvalue weighted by Crippen LogP contribution is 2.21. The molecular formula is C17H20N4O2. The number of carbonyl (C=O) groups excluding carboxylic acids is 1. The molecule has 23 heavy (non-hydrogen) atoms. The molecule has 3 rings (SSSR count). The number of nitrogens with zero attached hydrogens (tertiary/aromatic N) is 2. The molecule has 1 aromatic heterocycles. The van der Waals surface area contributed by atoms with Crippen LogP contribution in [0.4, 0.5) is 11.6 Å². The summed E-state index contributed by atoms with van der Waals surface area (Å²) in [5.41, 5.74) is 1.32. The molecule has 2 aromatic rings. The fraction of sp³-hybridized carbons (Fsp3) is 0.353. The third kappa shape index (κ3) is 3.77. The van der Waals surface area contributed by atoms with Gasteiger partial charge in [0.15, 0.2) is 0 Å². The van der Waals surface area contributed by atoms with Crippen LogP contribution in [0, 0.1) is 12.8 Å². The van der Waals surface area contributed by atoms with Gasteiger partial charge in [0, 0.05) is 30.5 Å². The number of anilines is 2. The summed E-state index contributed by atoms with van der Waals surface area (Å²) in [6.07, 6.45) is 1.73. The summed E-state index contributed by atoms with van der Waals surface area (Å²) < 4.78 is 0. The molecule has 0 aliphatic carbocycles. The standard InChI is InChI=1S/C17H20N4O2/c1-12-10-15(22)20-17(18-12)21-9-5-6-13(11-21)16(23)19-14-7-3-2-4-8-14/h2-4,7-8,10,13H,5-6,9,11H2,1H3,(H,19,23)(H,18,20,22). The highest BCUT2D eigenvalue weighted by atomic mass is 16.2. The van der Waals surface area contributed by atoms with Crippen LogP contribution >= 0.6 is 0 Å². The average Bonchev–Trinajstić information content (AvgIpc) is 2.55. The van der Waals surface area contributed by atoms with Gasteiger partial charge in [-0.05, 0) is 31.9 Å². The molecule has 6 heteroatoms. The monoisotopic (exact) mass is 312 g/mol. The second kappa shape index (κ2) is 6.64. The topological polar surface area (TPSA) is 78.1 Å². The largest absolute Gasteiger partial charge is 0.342 e. The van der Waals surface area contributed by atoms with Crippen molar-refractivity contribution in [1.82, 2.24) is 9.97 Å². The van der Waals surface area contributed by atoms with Crippen molar-refractivity contribution in [3.8, 4) is 0 Å². The smallest absolute Gasteiger partial charge is 0.252 e. The van der Waals surface area contributed by atoms with E-state index in [-0.39, 0.29) is 17.4 Å². The predicted octanol–water partition coefficient (Wildman–Crippen LogP) is 1.93. The highest BCUT2D eigenvalue weighted by molar-refractivity contribution is 5.93. The van der Waals surface area contributed by atoms with E-state index in [1.807, 2.05) is 35.2 Å². The van der Waals surface area contributed by atoms with Crippen LogP contribution in [-0.2, 0) is 4.79 Å².